The minimum absolute atomic E-state index is 0.183. The van der Waals surface area contributed by atoms with Gasteiger partial charge in [-0.25, -0.2) is 13.1 Å². The summed E-state index contributed by atoms with van der Waals surface area (Å²) in [4.78, 5) is 0.183. The van der Waals surface area contributed by atoms with Crippen LogP contribution in [-0.2, 0) is 16.4 Å². The van der Waals surface area contributed by atoms with Crippen molar-refractivity contribution in [1.82, 2.24) is 4.72 Å². The van der Waals surface area contributed by atoms with Crippen molar-refractivity contribution in [3.8, 4) is 0 Å². The van der Waals surface area contributed by atoms with Crippen molar-refractivity contribution in [2.45, 2.75) is 23.5 Å². The number of aliphatic hydroxyl groups excluding tert-OH is 1. The van der Waals surface area contributed by atoms with E-state index in [1.165, 1.54) is 12.1 Å². The molecule has 3 rings (SSSR count). The third-order valence-corrected chi connectivity index (χ3v) is 5.60. The van der Waals surface area contributed by atoms with Gasteiger partial charge in [-0.1, -0.05) is 40.2 Å². The second kappa shape index (κ2) is 5.53. The van der Waals surface area contributed by atoms with Gasteiger partial charge in [0.2, 0.25) is 10.0 Å². The topological polar surface area (TPSA) is 66.4 Å². The average molecular weight is 368 g/mol. The zero-order valence-electron chi connectivity index (χ0n) is 11.0. The highest BCUT2D eigenvalue weighted by atomic mass is 79.9. The summed E-state index contributed by atoms with van der Waals surface area (Å²) in [5, 5.41) is 10.1. The Morgan fingerprint density at radius 3 is 2.48 bits per heavy atom. The molecular weight excluding hydrogens is 354 g/mol. The highest BCUT2D eigenvalue weighted by molar-refractivity contribution is 9.10. The van der Waals surface area contributed by atoms with E-state index in [0.717, 1.165) is 15.6 Å². The smallest absolute Gasteiger partial charge is 0.241 e. The predicted molar refractivity (Wildman–Crippen MR) is 83.4 cm³/mol. The van der Waals surface area contributed by atoms with Crippen LogP contribution in [0.25, 0.3) is 0 Å². The lowest BCUT2D eigenvalue weighted by molar-refractivity contribution is 0.151. The maximum atomic E-state index is 12.4. The van der Waals surface area contributed by atoms with Crippen LogP contribution in [0.2, 0.25) is 0 Å². The molecule has 21 heavy (non-hydrogen) atoms. The molecule has 6 heteroatoms. The van der Waals surface area contributed by atoms with Crippen molar-refractivity contribution < 1.29 is 13.5 Å². The lowest BCUT2D eigenvalue weighted by Crippen LogP contribution is -2.33. The van der Waals surface area contributed by atoms with Crippen molar-refractivity contribution in [2.75, 3.05) is 0 Å². The minimum Gasteiger partial charge on any atom is -0.391 e. The van der Waals surface area contributed by atoms with Crippen molar-refractivity contribution >= 4 is 26.0 Å². The van der Waals surface area contributed by atoms with Crippen LogP contribution in [0, 0.1) is 0 Å². The van der Waals surface area contributed by atoms with E-state index in [1.807, 2.05) is 24.3 Å². The van der Waals surface area contributed by atoms with Crippen LogP contribution in [-0.4, -0.2) is 19.6 Å². The summed E-state index contributed by atoms with van der Waals surface area (Å²) in [6, 6.07) is 13.3. The molecule has 1 aliphatic carbocycles. The molecule has 2 aromatic carbocycles. The number of halogens is 1. The van der Waals surface area contributed by atoms with Crippen LogP contribution in [0.5, 0.6) is 0 Å². The van der Waals surface area contributed by atoms with E-state index in [4.69, 9.17) is 0 Å². The first-order valence-electron chi connectivity index (χ1n) is 6.51. The molecule has 0 unspecified atom stereocenters. The van der Waals surface area contributed by atoms with E-state index < -0.39 is 22.2 Å². The van der Waals surface area contributed by atoms with Gasteiger partial charge in [0.25, 0.3) is 0 Å². The van der Waals surface area contributed by atoms with Crippen molar-refractivity contribution in [2.24, 2.45) is 0 Å². The number of fused-ring (bicyclic) bond motifs is 1. The molecule has 0 radical (unpaired) electrons. The minimum atomic E-state index is -3.67. The number of hydrogen-bond donors (Lipinski definition) is 2. The summed E-state index contributed by atoms with van der Waals surface area (Å²) >= 11 is 3.28. The van der Waals surface area contributed by atoms with Crippen molar-refractivity contribution in [3.63, 3.8) is 0 Å². The standard InChI is InChI=1S/C15H14BrNO3S/c16-11-5-7-12(8-6-11)21(19,20)17-15-13-4-2-1-3-10(13)9-14(15)18/h1-8,14-15,17-18H,9H2/t14-,15+/m1/s1. The molecular formula is C15H14BrNO3S. The quantitative estimate of drug-likeness (QED) is 0.874. The zero-order valence-corrected chi connectivity index (χ0v) is 13.4. The van der Waals surface area contributed by atoms with Crippen LogP contribution >= 0.6 is 15.9 Å². The normalized spacial score (nSPS) is 21.2. The molecule has 0 amide bonds. The third kappa shape index (κ3) is 2.89. The fourth-order valence-electron chi connectivity index (χ4n) is 2.56. The maximum Gasteiger partial charge on any atom is 0.241 e. The largest absolute Gasteiger partial charge is 0.391 e. The molecule has 0 aromatic heterocycles. The van der Waals surface area contributed by atoms with Gasteiger partial charge < -0.3 is 5.11 Å². The van der Waals surface area contributed by atoms with Crippen LogP contribution in [0.3, 0.4) is 0 Å². The molecule has 2 N–H and O–H groups in total. The molecule has 2 atom stereocenters. The van der Waals surface area contributed by atoms with Gasteiger partial charge in [0.05, 0.1) is 17.0 Å². The fourth-order valence-corrected chi connectivity index (χ4v) is 4.08. The first kappa shape index (κ1) is 14.7. The van der Waals surface area contributed by atoms with Crippen LogP contribution < -0.4 is 4.72 Å². The summed E-state index contributed by atoms with van der Waals surface area (Å²) in [5.74, 6) is 0. The molecule has 0 aliphatic heterocycles. The first-order chi connectivity index (χ1) is 9.97. The van der Waals surface area contributed by atoms with E-state index in [9.17, 15) is 13.5 Å². The second-order valence-electron chi connectivity index (χ2n) is 5.02. The van der Waals surface area contributed by atoms with E-state index >= 15 is 0 Å². The summed E-state index contributed by atoms with van der Waals surface area (Å²) in [6.45, 7) is 0. The van der Waals surface area contributed by atoms with E-state index in [2.05, 4.69) is 20.7 Å². The Kier molecular flexibility index (Phi) is 3.88. The Labute approximate surface area is 132 Å². The average Bonchev–Trinajstić information content (AvgIpc) is 2.75. The van der Waals surface area contributed by atoms with Gasteiger partial charge in [0, 0.05) is 10.9 Å². The lowest BCUT2D eigenvalue weighted by atomic mass is 10.1. The first-order valence-corrected chi connectivity index (χ1v) is 8.79. The van der Waals surface area contributed by atoms with E-state index in [-0.39, 0.29) is 4.90 Å². The molecule has 0 fully saturated rings. The summed E-state index contributed by atoms with van der Waals surface area (Å²) in [7, 11) is -3.67. The molecule has 0 heterocycles. The van der Waals surface area contributed by atoms with Crippen LogP contribution in [0.4, 0.5) is 0 Å². The van der Waals surface area contributed by atoms with Gasteiger partial charge in [0.15, 0.2) is 0 Å². The van der Waals surface area contributed by atoms with Crippen LogP contribution in [0.1, 0.15) is 17.2 Å². The Hall–Kier alpha value is -1.21. The number of benzene rings is 2. The van der Waals surface area contributed by atoms with Gasteiger partial charge >= 0.3 is 0 Å². The monoisotopic (exact) mass is 367 g/mol. The molecule has 0 saturated carbocycles. The number of sulfonamides is 1. The molecule has 0 saturated heterocycles. The summed E-state index contributed by atoms with van der Waals surface area (Å²) in [5.41, 5.74) is 1.82. The Morgan fingerprint density at radius 1 is 1.10 bits per heavy atom. The molecule has 1 aliphatic rings. The predicted octanol–water partition coefficient (Wildman–Crippen LogP) is 2.39. The number of nitrogens with one attached hydrogen (secondary N) is 1. The highest BCUT2D eigenvalue weighted by Crippen LogP contribution is 2.32. The highest BCUT2D eigenvalue weighted by Gasteiger charge is 2.34. The number of hydrogen-bond acceptors (Lipinski definition) is 3. The van der Waals surface area contributed by atoms with E-state index in [1.54, 1.807) is 12.1 Å². The Balaban J connectivity index is 1.91. The van der Waals surface area contributed by atoms with Crippen LogP contribution in [0.15, 0.2) is 57.9 Å². The lowest BCUT2D eigenvalue weighted by Gasteiger charge is -2.18. The Bertz CT molecular complexity index is 759. The fraction of sp³-hybridized carbons (Fsp3) is 0.200. The summed E-state index contributed by atoms with van der Waals surface area (Å²) in [6.07, 6.45) is -0.281. The molecule has 2 aromatic rings. The summed E-state index contributed by atoms with van der Waals surface area (Å²) < 4.78 is 28.3. The molecule has 0 bridgehead atoms. The van der Waals surface area contributed by atoms with E-state index in [0.29, 0.717) is 6.42 Å². The Morgan fingerprint density at radius 2 is 1.76 bits per heavy atom. The molecule has 4 nitrogen and oxygen atoms in total. The van der Waals surface area contributed by atoms with Gasteiger partial charge in [-0.05, 0) is 35.4 Å². The van der Waals surface area contributed by atoms with Crippen molar-refractivity contribution in [1.29, 1.82) is 0 Å². The second-order valence-corrected chi connectivity index (χ2v) is 7.65. The van der Waals surface area contributed by atoms with Crippen molar-refractivity contribution in [3.05, 3.63) is 64.1 Å². The van der Waals surface area contributed by atoms with Gasteiger partial charge in [0.1, 0.15) is 0 Å². The van der Waals surface area contributed by atoms with Gasteiger partial charge in [-0.2, -0.15) is 0 Å². The SMILES string of the molecule is O=S(=O)(N[C@H]1c2ccccc2C[C@H]1O)c1ccc(Br)cc1. The van der Waals surface area contributed by atoms with Gasteiger partial charge in [-0.15, -0.1) is 0 Å². The number of aliphatic hydroxyl groups is 1. The zero-order chi connectivity index (χ0) is 15.0. The molecule has 0 spiro atoms. The maximum absolute atomic E-state index is 12.4. The number of rotatable bonds is 3. The van der Waals surface area contributed by atoms with Gasteiger partial charge in [-0.3, -0.25) is 0 Å². The third-order valence-electron chi connectivity index (χ3n) is 3.61. The molecule has 110 valence electrons.